The van der Waals surface area contributed by atoms with Gasteiger partial charge in [0.2, 0.25) is 5.91 Å². The van der Waals surface area contributed by atoms with Crippen LogP contribution in [-0.2, 0) is 4.79 Å². The third-order valence-electron chi connectivity index (χ3n) is 1.45. The lowest BCUT2D eigenvalue weighted by Gasteiger charge is -2.14. The molecule has 0 heterocycles. The van der Waals surface area contributed by atoms with Crippen LogP contribution in [0.1, 0.15) is 13.3 Å². The van der Waals surface area contributed by atoms with E-state index in [4.69, 9.17) is 10.9 Å². The maximum absolute atomic E-state index is 10.9. The van der Waals surface area contributed by atoms with Crippen LogP contribution in [-0.4, -0.2) is 29.8 Å². The SMILES string of the molecule is CCC(CN)C(=O)N(C)O. The van der Waals surface area contributed by atoms with Crippen molar-refractivity contribution in [3.05, 3.63) is 0 Å². The molecular weight excluding hydrogens is 132 g/mol. The maximum atomic E-state index is 10.9. The predicted molar refractivity (Wildman–Crippen MR) is 37.4 cm³/mol. The average molecular weight is 146 g/mol. The molecule has 4 heteroatoms. The zero-order chi connectivity index (χ0) is 8.15. The summed E-state index contributed by atoms with van der Waals surface area (Å²) < 4.78 is 0. The Morgan fingerprint density at radius 1 is 1.80 bits per heavy atom. The van der Waals surface area contributed by atoms with Crippen LogP contribution < -0.4 is 5.73 Å². The monoisotopic (exact) mass is 146 g/mol. The Kier molecular flexibility index (Phi) is 3.99. The summed E-state index contributed by atoms with van der Waals surface area (Å²) in [5.74, 6) is -0.556. The van der Waals surface area contributed by atoms with Gasteiger partial charge >= 0.3 is 0 Å². The van der Waals surface area contributed by atoms with E-state index in [1.54, 1.807) is 0 Å². The fourth-order valence-corrected chi connectivity index (χ4v) is 0.706. The van der Waals surface area contributed by atoms with Crippen LogP contribution in [0.4, 0.5) is 0 Å². The third kappa shape index (κ3) is 2.33. The van der Waals surface area contributed by atoms with Gasteiger partial charge in [0.05, 0.1) is 5.92 Å². The van der Waals surface area contributed by atoms with Crippen molar-refractivity contribution in [3.63, 3.8) is 0 Å². The molecule has 0 aliphatic carbocycles. The Morgan fingerprint density at radius 3 is 2.40 bits per heavy atom. The van der Waals surface area contributed by atoms with Crippen LogP contribution in [0.15, 0.2) is 0 Å². The molecule has 0 aromatic rings. The van der Waals surface area contributed by atoms with Crippen molar-refractivity contribution in [2.45, 2.75) is 13.3 Å². The smallest absolute Gasteiger partial charge is 0.250 e. The second-order valence-electron chi connectivity index (χ2n) is 2.20. The number of hydrogen-bond acceptors (Lipinski definition) is 3. The first-order valence-electron chi connectivity index (χ1n) is 3.30. The summed E-state index contributed by atoms with van der Waals surface area (Å²) in [5.41, 5.74) is 5.26. The summed E-state index contributed by atoms with van der Waals surface area (Å²) in [5, 5.41) is 9.27. The molecule has 0 saturated carbocycles. The Morgan fingerprint density at radius 2 is 2.30 bits per heavy atom. The Balaban J connectivity index is 3.89. The van der Waals surface area contributed by atoms with E-state index in [-0.39, 0.29) is 11.8 Å². The first kappa shape index (κ1) is 9.39. The number of carbonyl (C=O) groups excluding carboxylic acids is 1. The van der Waals surface area contributed by atoms with Gasteiger partial charge in [-0.3, -0.25) is 10.0 Å². The fraction of sp³-hybridized carbons (Fsp3) is 0.833. The van der Waals surface area contributed by atoms with E-state index >= 15 is 0 Å². The molecule has 0 rings (SSSR count). The molecule has 1 atom stereocenters. The highest BCUT2D eigenvalue weighted by Crippen LogP contribution is 2.02. The Bertz CT molecular complexity index is 110. The molecule has 0 aliphatic rings. The van der Waals surface area contributed by atoms with Crippen molar-refractivity contribution in [1.82, 2.24) is 5.06 Å². The molecule has 1 amide bonds. The molecule has 4 nitrogen and oxygen atoms in total. The first-order chi connectivity index (χ1) is 4.63. The van der Waals surface area contributed by atoms with Crippen molar-refractivity contribution in [2.24, 2.45) is 11.7 Å². The largest absolute Gasteiger partial charge is 0.330 e. The predicted octanol–water partition coefficient (Wildman–Crippen LogP) is -0.181. The number of nitrogens with two attached hydrogens (primary N) is 1. The molecule has 0 aliphatic heterocycles. The molecule has 3 N–H and O–H groups in total. The molecule has 1 unspecified atom stereocenters. The highest BCUT2D eigenvalue weighted by atomic mass is 16.5. The van der Waals surface area contributed by atoms with Crippen molar-refractivity contribution >= 4 is 5.91 Å². The molecule has 0 saturated heterocycles. The molecule has 0 aromatic carbocycles. The number of amides is 1. The second kappa shape index (κ2) is 4.24. The number of rotatable bonds is 3. The average Bonchev–Trinajstić information content (AvgIpc) is 1.90. The summed E-state index contributed by atoms with van der Waals surface area (Å²) in [6.45, 7) is 2.15. The normalized spacial score (nSPS) is 12.8. The zero-order valence-corrected chi connectivity index (χ0v) is 6.37. The molecule has 0 bridgehead atoms. The van der Waals surface area contributed by atoms with E-state index in [1.165, 1.54) is 7.05 Å². The minimum absolute atomic E-state index is 0.241. The van der Waals surface area contributed by atoms with Gasteiger partial charge in [0.25, 0.3) is 0 Å². The molecule has 0 fully saturated rings. The molecular formula is C6H14N2O2. The molecule has 0 radical (unpaired) electrons. The van der Waals surface area contributed by atoms with Gasteiger partial charge in [-0.15, -0.1) is 0 Å². The van der Waals surface area contributed by atoms with Crippen LogP contribution in [0.3, 0.4) is 0 Å². The van der Waals surface area contributed by atoms with Gasteiger partial charge in [-0.05, 0) is 6.42 Å². The van der Waals surface area contributed by atoms with Crippen LogP contribution in [0.2, 0.25) is 0 Å². The van der Waals surface area contributed by atoms with Gasteiger partial charge in [-0.25, -0.2) is 5.06 Å². The maximum Gasteiger partial charge on any atom is 0.250 e. The summed E-state index contributed by atoms with van der Waals surface area (Å²) in [6, 6.07) is 0. The lowest BCUT2D eigenvalue weighted by atomic mass is 10.1. The van der Waals surface area contributed by atoms with Crippen LogP contribution in [0, 0.1) is 5.92 Å². The lowest BCUT2D eigenvalue weighted by Crippen LogP contribution is -2.34. The molecule has 0 spiro atoms. The zero-order valence-electron chi connectivity index (χ0n) is 6.37. The highest BCUT2D eigenvalue weighted by Gasteiger charge is 2.16. The van der Waals surface area contributed by atoms with Gasteiger partial charge in [0, 0.05) is 13.6 Å². The summed E-state index contributed by atoms with van der Waals surface area (Å²) in [4.78, 5) is 10.9. The fourth-order valence-electron chi connectivity index (χ4n) is 0.706. The van der Waals surface area contributed by atoms with Crippen molar-refractivity contribution < 1.29 is 10.0 Å². The quantitative estimate of drug-likeness (QED) is 0.428. The lowest BCUT2D eigenvalue weighted by molar-refractivity contribution is -0.163. The second-order valence-corrected chi connectivity index (χ2v) is 2.20. The number of carbonyl (C=O) groups is 1. The van der Waals surface area contributed by atoms with E-state index in [0.717, 1.165) is 0 Å². The number of nitrogens with zero attached hydrogens (tertiary/aromatic N) is 1. The van der Waals surface area contributed by atoms with Gasteiger partial charge in [0.1, 0.15) is 0 Å². The van der Waals surface area contributed by atoms with E-state index in [2.05, 4.69) is 0 Å². The highest BCUT2D eigenvalue weighted by molar-refractivity contribution is 5.77. The molecule has 0 aromatic heterocycles. The molecule has 60 valence electrons. The standard InChI is InChI=1S/C6H14N2O2/c1-3-5(4-7)6(9)8(2)10/h5,10H,3-4,7H2,1-2H3. The van der Waals surface area contributed by atoms with Gasteiger partial charge in [0.15, 0.2) is 0 Å². The van der Waals surface area contributed by atoms with Crippen molar-refractivity contribution in [1.29, 1.82) is 0 Å². The van der Waals surface area contributed by atoms with Gasteiger partial charge < -0.3 is 5.73 Å². The Labute approximate surface area is 60.6 Å². The number of hydroxylamine groups is 2. The van der Waals surface area contributed by atoms with E-state index in [1.807, 2.05) is 6.92 Å². The van der Waals surface area contributed by atoms with Gasteiger partial charge in [-0.1, -0.05) is 6.92 Å². The van der Waals surface area contributed by atoms with E-state index in [0.29, 0.717) is 18.0 Å². The summed E-state index contributed by atoms with van der Waals surface area (Å²) in [6.07, 6.45) is 0.667. The topological polar surface area (TPSA) is 66.6 Å². The van der Waals surface area contributed by atoms with Crippen LogP contribution >= 0.6 is 0 Å². The van der Waals surface area contributed by atoms with E-state index in [9.17, 15) is 4.79 Å². The number of hydrogen-bond donors (Lipinski definition) is 2. The van der Waals surface area contributed by atoms with Crippen LogP contribution in [0.25, 0.3) is 0 Å². The minimum atomic E-state index is -0.315. The third-order valence-corrected chi connectivity index (χ3v) is 1.45. The molecule has 10 heavy (non-hydrogen) atoms. The Hall–Kier alpha value is -0.610. The van der Waals surface area contributed by atoms with Gasteiger partial charge in [-0.2, -0.15) is 0 Å². The van der Waals surface area contributed by atoms with Crippen molar-refractivity contribution in [3.8, 4) is 0 Å². The summed E-state index contributed by atoms with van der Waals surface area (Å²) >= 11 is 0. The van der Waals surface area contributed by atoms with E-state index < -0.39 is 0 Å². The minimum Gasteiger partial charge on any atom is -0.330 e. The van der Waals surface area contributed by atoms with Crippen molar-refractivity contribution in [2.75, 3.05) is 13.6 Å². The summed E-state index contributed by atoms with van der Waals surface area (Å²) in [7, 11) is 1.31. The van der Waals surface area contributed by atoms with Crippen LogP contribution in [0.5, 0.6) is 0 Å². The first-order valence-corrected chi connectivity index (χ1v) is 3.30.